The smallest absolute Gasteiger partial charge is 0.133 e. The number of hydrogen-bond donors (Lipinski definition) is 1. The number of hydrazone groups is 1. The number of hydrogen-bond acceptors (Lipinski definition) is 3. The van der Waals surface area contributed by atoms with Crippen LogP contribution in [-0.4, -0.2) is 19.4 Å². The molecule has 1 aromatic carbocycles. The van der Waals surface area contributed by atoms with Gasteiger partial charge in [-0.3, -0.25) is 0 Å². The summed E-state index contributed by atoms with van der Waals surface area (Å²) in [6.07, 6.45) is 1.93. The van der Waals surface area contributed by atoms with E-state index in [9.17, 15) is 0 Å². The Kier molecular flexibility index (Phi) is 4.62. The van der Waals surface area contributed by atoms with Gasteiger partial charge in [0.2, 0.25) is 0 Å². The number of ether oxygens (including phenoxy) is 1. The van der Waals surface area contributed by atoms with Gasteiger partial charge in [0.25, 0.3) is 0 Å². The van der Waals surface area contributed by atoms with Crippen LogP contribution in [0.25, 0.3) is 0 Å². The lowest BCUT2D eigenvalue weighted by molar-refractivity contribution is 0.241. The predicted molar refractivity (Wildman–Crippen MR) is 66.6 cm³/mol. The average Bonchev–Trinajstić information content (AvgIpc) is 2.18. The van der Waals surface area contributed by atoms with Crippen LogP contribution in [0.1, 0.15) is 19.4 Å². The van der Waals surface area contributed by atoms with E-state index < -0.39 is 0 Å². The summed E-state index contributed by atoms with van der Waals surface area (Å²) in [7, 11) is 1.77. The van der Waals surface area contributed by atoms with Crippen LogP contribution >= 0.6 is 15.9 Å². The van der Waals surface area contributed by atoms with Gasteiger partial charge in [0.1, 0.15) is 5.75 Å². The van der Waals surface area contributed by atoms with Crippen molar-refractivity contribution in [1.29, 1.82) is 0 Å². The quantitative estimate of drug-likeness (QED) is 0.674. The maximum absolute atomic E-state index is 5.60. The van der Waals surface area contributed by atoms with Gasteiger partial charge >= 0.3 is 0 Å². The van der Waals surface area contributed by atoms with Crippen molar-refractivity contribution in [3.8, 4) is 5.75 Å². The third-order valence-corrected chi connectivity index (χ3v) is 2.28. The predicted octanol–water partition coefficient (Wildman–Crippen LogP) is 2.79. The molecule has 0 aliphatic carbocycles. The Balaban J connectivity index is 2.83. The highest BCUT2D eigenvalue weighted by Gasteiger charge is 2.03. The summed E-state index contributed by atoms with van der Waals surface area (Å²) in [6.45, 7) is 4.01. The maximum Gasteiger partial charge on any atom is 0.133 e. The fraction of sp³-hybridized carbons (Fsp3) is 0.364. The molecule has 0 heterocycles. The molecule has 0 atom stereocenters. The summed E-state index contributed by atoms with van der Waals surface area (Å²) in [4.78, 5) is 0. The van der Waals surface area contributed by atoms with Crippen LogP contribution in [0, 0.1) is 0 Å². The van der Waals surface area contributed by atoms with Crippen LogP contribution in [0.15, 0.2) is 27.8 Å². The van der Waals surface area contributed by atoms with Crippen molar-refractivity contribution >= 4 is 22.1 Å². The Labute approximate surface area is 98.7 Å². The van der Waals surface area contributed by atoms with Crippen molar-refractivity contribution in [2.24, 2.45) is 5.10 Å². The molecule has 82 valence electrons. The van der Waals surface area contributed by atoms with Crippen molar-refractivity contribution in [2.75, 3.05) is 7.05 Å². The molecule has 15 heavy (non-hydrogen) atoms. The third-order valence-electron chi connectivity index (χ3n) is 1.66. The summed E-state index contributed by atoms with van der Waals surface area (Å²) in [5, 5.41) is 3.94. The van der Waals surface area contributed by atoms with E-state index in [0.29, 0.717) is 0 Å². The van der Waals surface area contributed by atoms with E-state index in [1.54, 1.807) is 13.3 Å². The highest BCUT2D eigenvalue weighted by atomic mass is 79.9. The second-order valence-corrected chi connectivity index (χ2v) is 4.19. The second kappa shape index (κ2) is 5.75. The Morgan fingerprint density at radius 2 is 2.20 bits per heavy atom. The molecule has 0 saturated carbocycles. The average molecular weight is 271 g/mol. The first kappa shape index (κ1) is 12.0. The number of benzene rings is 1. The summed E-state index contributed by atoms with van der Waals surface area (Å²) < 4.78 is 6.54. The molecule has 1 aromatic rings. The molecule has 4 heteroatoms. The van der Waals surface area contributed by atoms with E-state index in [2.05, 4.69) is 26.5 Å². The second-order valence-electron chi connectivity index (χ2n) is 3.34. The summed E-state index contributed by atoms with van der Waals surface area (Å²) in [5.41, 5.74) is 3.73. The summed E-state index contributed by atoms with van der Waals surface area (Å²) in [6, 6.07) is 5.86. The monoisotopic (exact) mass is 270 g/mol. The van der Waals surface area contributed by atoms with Crippen molar-refractivity contribution in [1.82, 2.24) is 5.43 Å². The number of nitrogens with zero attached hydrogens (tertiary/aromatic N) is 1. The van der Waals surface area contributed by atoms with Gasteiger partial charge in [0.15, 0.2) is 0 Å². The molecule has 0 fully saturated rings. The van der Waals surface area contributed by atoms with Gasteiger partial charge in [0.05, 0.1) is 16.8 Å². The zero-order valence-corrected chi connectivity index (χ0v) is 10.7. The molecular formula is C11H15BrN2O. The fourth-order valence-electron chi connectivity index (χ4n) is 1.09. The van der Waals surface area contributed by atoms with Crippen LogP contribution in [0.3, 0.4) is 0 Å². The number of rotatable bonds is 4. The molecular weight excluding hydrogens is 256 g/mol. The summed E-state index contributed by atoms with van der Waals surface area (Å²) >= 11 is 3.46. The van der Waals surface area contributed by atoms with Crippen molar-refractivity contribution in [2.45, 2.75) is 20.0 Å². The van der Waals surface area contributed by atoms with E-state index in [-0.39, 0.29) is 6.10 Å². The SMILES string of the molecule is CN/N=C/c1ccc(OC(C)C)c(Br)c1. The fourth-order valence-corrected chi connectivity index (χ4v) is 1.58. The number of nitrogens with one attached hydrogen (secondary N) is 1. The first-order valence-electron chi connectivity index (χ1n) is 4.79. The van der Waals surface area contributed by atoms with Gasteiger partial charge in [0, 0.05) is 7.05 Å². The normalized spacial score (nSPS) is 11.0. The highest BCUT2D eigenvalue weighted by molar-refractivity contribution is 9.10. The summed E-state index contributed by atoms with van der Waals surface area (Å²) in [5.74, 6) is 0.853. The molecule has 1 rings (SSSR count). The zero-order valence-electron chi connectivity index (χ0n) is 9.12. The lowest BCUT2D eigenvalue weighted by atomic mass is 10.2. The van der Waals surface area contributed by atoms with E-state index >= 15 is 0 Å². The van der Waals surface area contributed by atoms with Crippen LogP contribution in [-0.2, 0) is 0 Å². The van der Waals surface area contributed by atoms with Crippen molar-refractivity contribution < 1.29 is 4.74 Å². The Hall–Kier alpha value is -1.03. The largest absolute Gasteiger partial charge is 0.490 e. The van der Waals surface area contributed by atoms with E-state index in [0.717, 1.165) is 15.8 Å². The van der Waals surface area contributed by atoms with Crippen LogP contribution in [0.2, 0.25) is 0 Å². The minimum Gasteiger partial charge on any atom is -0.490 e. The third kappa shape index (κ3) is 3.91. The van der Waals surface area contributed by atoms with E-state index in [1.165, 1.54) is 0 Å². The molecule has 0 aliphatic rings. The van der Waals surface area contributed by atoms with Gasteiger partial charge in [-0.15, -0.1) is 0 Å². The van der Waals surface area contributed by atoms with Gasteiger partial charge in [-0.1, -0.05) is 0 Å². The number of halogens is 1. The minimum absolute atomic E-state index is 0.179. The highest BCUT2D eigenvalue weighted by Crippen LogP contribution is 2.26. The lowest BCUT2D eigenvalue weighted by Crippen LogP contribution is -2.06. The molecule has 1 N–H and O–H groups in total. The molecule has 0 amide bonds. The minimum atomic E-state index is 0.179. The Bertz CT molecular complexity index is 350. The first-order chi connectivity index (χ1) is 7.13. The van der Waals surface area contributed by atoms with Gasteiger partial charge in [-0.2, -0.15) is 5.10 Å². The maximum atomic E-state index is 5.60. The molecule has 0 aromatic heterocycles. The van der Waals surface area contributed by atoms with Crippen molar-refractivity contribution in [3.05, 3.63) is 28.2 Å². The van der Waals surface area contributed by atoms with Gasteiger partial charge in [-0.05, 0) is 53.5 Å². The molecule has 0 aliphatic heterocycles. The van der Waals surface area contributed by atoms with Crippen LogP contribution in [0.5, 0.6) is 5.75 Å². The van der Waals surface area contributed by atoms with E-state index in [4.69, 9.17) is 4.74 Å². The van der Waals surface area contributed by atoms with Crippen molar-refractivity contribution in [3.63, 3.8) is 0 Å². The van der Waals surface area contributed by atoms with Crippen LogP contribution < -0.4 is 10.2 Å². The topological polar surface area (TPSA) is 33.6 Å². The first-order valence-corrected chi connectivity index (χ1v) is 5.59. The molecule has 0 bridgehead atoms. The molecule has 0 radical (unpaired) electrons. The Morgan fingerprint density at radius 3 is 2.73 bits per heavy atom. The van der Waals surface area contributed by atoms with Crippen LogP contribution in [0.4, 0.5) is 0 Å². The molecule has 0 saturated heterocycles. The van der Waals surface area contributed by atoms with Gasteiger partial charge < -0.3 is 10.2 Å². The van der Waals surface area contributed by atoms with E-state index in [1.807, 2.05) is 32.0 Å². The standard InChI is InChI=1S/C11H15BrN2O/c1-8(2)15-11-5-4-9(6-10(11)12)7-14-13-3/h4-8,13H,1-3H3/b14-7+. The zero-order chi connectivity index (χ0) is 11.3. The molecule has 0 unspecified atom stereocenters. The Morgan fingerprint density at radius 1 is 1.47 bits per heavy atom. The molecule has 0 spiro atoms. The van der Waals surface area contributed by atoms with Gasteiger partial charge in [-0.25, -0.2) is 0 Å². The lowest BCUT2D eigenvalue weighted by Gasteiger charge is -2.11. The molecule has 3 nitrogen and oxygen atoms in total.